The molecule has 1 aliphatic heterocycles. The lowest BCUT2D eigenvalue weighted by atomic mass is 10.2. The third-order valence-electron chi connectivity index (χ3n) is 2.53. The largest absolute Gasteiger partial charge is 0.343 e. The van der Waals surface area contributed by atoms with Crippen LogP contribution in [0.3, 0.4) is 0 Å². The quantitative estimate of drug-likeness (QED) is 0.824. The molecule has 1 aromatic carbocycles. The van der Waals surface area contributed by atoms with E-state index in [4.69, 9.17) is 11.6 Å². The van der Waals surface area contributed by atoms with Crippen LogP contribution in [0.2, 0.25) is 5.02 Å². The second-order valence-electron chi connectivity index (χ2n) is 3.81. The summed E-state index contributed by atoms with van der Waals surface area (Å²) in [5, 5.41) is 2.44. The molecular weight excluding hydrogens is 247 g/mol. The molecule has 0 spiro atoms. The first-order valence-corrected chi connectivity index (χ1v) is 5.42. The zero-order chi connectivity index (χ0) is 12.6. The molecule has 4 nitrogen and oxygen atoms in total. The molecule has 1 atom stereocenters. The molecule has 1 saturated heterocycles. The average molecular weight is 257 g/mol. The van der Waals surface area contributed by atoms with E-state index in [2.05, 4.69) is 5.32 Å². The van der Waals surface area contributed by atoms with E-state index in [1.54, 1.807) is 6.92 Å². The molecule has 2 rings (SSSR count). The summed E-state index contributed by atoms with van der Waals surface area (Å²) in [6.45, 7) is 1.52. The van der Waals surface area contributed by atoms with E-state index in [9.17, 15) is 14.0 Å². The Morgan fingerprint density at radius 1 is 1.47 bits per heavy atom. The number of piperazine rings is 1. The van der Waals surface area contributed by atoms with Gasteiger partial charge in [0.15, 0.2) is 0 Å². The van der Waals surface area contributed by atoms with Crippen molar-refractivity contribution in [1.29, 1.82) is 0 Å². The van der Waals surface area contributed by atoms with Gasteiger partial charge in [-0.25, -0.2) is 4.39 Å². The third-order valence-corrected chi connectivity index (χ3v) is 2.82. The van der Waals surface area contributed by atoms with Crippen molar-refractivity contribution in [3.63, 3.8) is 0 Å². The van der Waals surface area contributed by atoms with Crippen LogP contribution in [0, 0.1) is 5.82 Å². The third kappa shape index (κ3) is 2.24. The first kappa shape index (κ1) is 11.9. The van der Waals surface area contributed by atoms with Crippen molar-refractivity contribution in [1.82, 2.24) is 5.32 Å². The molecule has 1 heterocycles. The molecule has 0 bridgehead atoms. The number of anilines is 1. The van der Waals surface area contributed by atoms with E-state index in [0.717, 1.165) is 0 Å². The van der Waals surface area contributed by atoms with Gasteiger partial charge in [-0.15, -0.1) is 0 Å². The molecular formula is C11H10ClFN2O2. The number of benzene rings is 1. The maximum Gasteiger partial charge on any atom is 0.249 e. The zero-order valence-corrected chi connectivity index (χ0v) is 9.79. The van der Waals surface area contributed by atoms with Gasteiger partial charge < -0.3 is 10.2 Å². The van der Waals surface area contributed by atoms with Crippen LogP contribution in [0.25, 0.3) is 0 Å². The van der Waals surface area contributed by atoms with Gasteiger partial charge in [0, 0.05) is 5.69 Å². The maximum absolute atomic E-state index is 13.0. The first-order valence-electron chi connectivity index (χ1n) is 5.05. The standard InChI is InChI=1S/C11H10ClFN2O2/c1-6-11(17)15(5-10(16)14-6)7-2-3-9(13)8(12)4-7/h2-4,6H,5H2,1H3,(H,14,16). The molecule has 1 aromatic rings. The molecule has 6 heteroatoms. The summed E-state index contributed by atoms with van der Waals surface area (Å²) in [6.07, 6.45) is 0. The molecule has 0 aliphatic carbocycles. The lowest BCUT2D eigenvalue weighted by Crippen LogP contribution is -2.57. The smallest absolute Gasteiger partial charge is 0.249 e. The Balaban J connectivity index is 2.34. The number of halogens is 2. The van der Waals surface area contributed by atoms with Crippen LogP contribution in [0.1, 0.15) is 6.92 Å². The topological polar surface area (TPSA) is 49.4 Å². The Labute approximate surface area is 102 Å². The normalized spacial score (nSPS) is 20.4. The number of rotatable bonds is 1. The number of hydrogen-bond donors (Lipinski definition) is 1. The Morgan fingerprint density at radius 2 is 2.18 bits per heavy atom. The highest BCUT2D eigenvalue weighted by Gasteiger charge is 2.30. The highest BCUT2D eigenvalue weighted by Crippen LogP contribution is 2.24. The van der Waals surface area contributed by atoms with Crippen molar-refractivity contribution >= 4 is 29.1 Å². The van der Waals surface area contributed by atoms with Crippen LogP contribution >= 0.6 is 11.6 Å². The Kier molecular flexibility index (Phi) is 3.02. The van der Waals surface area contributed by atoms with Gasteiger partial charge in [0.2, 0.25) is 11.8 Å². The van der Waals surface area contributed by atoms with Crippen LogP contribution in [0.5, 0.6) is 0 Å². The van der Waals surface area contributed by atoms with Crippen LogP contribution in [-0.4, -0.2) is 24.4 Å². The highest BCUT2D eigenvalue weighted by atomic mass is 35.5. The van der Waals surface area contributed by atoms with Crippen molar-refractivity contribution in [3.8, 4) is 0 Å². The predicted octanol–water partition coefficient (Wildman–Crippen LogP) is 1.33. The van der Waals surface area contributed by atoms with Crippen molar-refractivity contribution in [2.24, 2.45) is 0 Å². The van der Waals surface area contributed by atoms with Gasteiger partial charge in [0.25, 0.3) is 0 Å². The van der Waals surface area contributed by atoms with E-state index < -0.39 is 11.9 Å². The Morgan fingerprint density at radius 3 is 2.82 bits per heavy atom. The van der Waals surface area contributed by atoms with Gasteiger partial charge in [-0.2, -0.15) is 0 Å². The predicted molar refractivity (Wildman–Crippen MR) is 61.4 cm³/mol. The van der Waals surface area contributed by atoms with Crippen LogP contribution in [0.4, 0.5) is 10.1 Å². The summed E-state index contributed by atoms with van der Waals surface area (Å²) in [6, 6.07) is 3.34. The SMILES string of the molecule is CC1NC(=O)CN(c2ccc(F)c(Cl)c2)C1=O. The Hall–Kier alpha value is -1.62. The number of nitrogens with zero attached hydrogens (tertiary/aromatic N) is 1. The van der Waals surface area contributed by atoms with Crippen LogP contribution in [-0.2, 0) is 9.59 Å². The maximum atomic E-state index is 13.0. The van der Waals surface area contributed by atoms with Crippen LogP contribution < -0.4 is 10.2 Å². The summed E-state index contributed by atoms with van der Waals surface area (Å²) in [4.78, 5) is 24.5. The molecule has 17 heavy (non-hydrogen) atoms. The van der Waals surface area contributed by atoms with E-state index >= 15 is 0 Å². The van der Waals surface area contributed by atoms with Gasteiger partial charge in [0.05, 0.1) is 5.02 Å². The number of carbonyl (C=O) groups is 2. The summed E-state index contributed by atoms with van der Waals surface area (Å²) in [7, 11) is 0. The minimum atomic E-state index is -0.583. The molecule has 1 N–H and O–H groups in total. The van der Waals surface area contributed by atoms with Crippen molar-refractivity contribution < 1.29 is 14.0 Å². The van der Waals surface area contributed by atoms with Crippen LogP contribution in [0.15, 0.2) is 18.2 Å². The Bertz CT molecular complexity index is 492. The molecule has 1 fully saturated rings. The number of nitrogens with one attached hydrogen (secondary N) is 1. The molecule has 2 amide bonds. The average Bonchev–Trinajstić information content (AvgIpc) is 2.27. The summed E-state index contributed by atoms with van der Waals surface area (Å²) in [5.74, 6) is -1.05. The van der Waals surface area contributed by atoms with Gasteiger partial charge in [-0.1, -0.05) is 11.6 Å². The van der Waals surface area contributed by atoms with Gasteiger partial charge in [0.1, 0.15) is 18.4 Å². The van der Waals surface area contributed by atoms with E-state index in [1.807, 2.05) is 0 Å². The fraction of sp³-hybridized carbons (Fsp3) is 0.273. The summed E-state index contributed by atoms with van der Waals surface area (Å²) in [5.41, 5.74) is 0.420. The minimum absolute atomic E-state index is 0.0751. The molecule has 1 unspecified atom stereocenters. The fourth-order valence-corrected chi connectivity index (χ4v) is 1.85. The monoisotopic (exact) mass is 256 g/mol. The van der Waals surface area contributed by atoms with E-state index in [0.29, 0.717) is 5.69 Å². The van der Waals surface area contributed by atoms with Gasteiger partial charge >= 0.3 is 0 Å². The second kappa shape index (κ2) is 4.33. The summed E-state index contributed by atoms with van der Waals surface area (Å²) < 4.78 is 13.0. The first-order chi connectivity index (χ1) is 7.99. The second-order valence-corrected chi connectivity index (χ2v) is 4.22. The molecule has 1 aliphatic rings. The zero-order valence-electron chi connectivity index (χ0n) is 9.04. The van der Waals surface area contributed by atoms with Crippen molar-refractivity contribution in [2.45, 2.75) is 13.0 Å². The minimum Gasteiger partial charge on any atom is -0.343 e. The number of hydrogen-bond acceptors (Lipinski definition) is 2. The van der Waals surface area contributed by atoms with E-state index in [-0.39, 0.29) is 23.4 Å². The van der Waals surface area contributed by atoms with Crippen molar-refractivity contribution in [2.75, 3.05) is 11.4 Å². The van der Waals surface area contributed by atoms with Gasteiger partial charge in [-0.05, 0) is 25.1 Å². The van der Waals surface area contributed by atoms with Gasteiger partial charge in [-0.3, -0.25) is 9.59 Å². The lowest BCUT2D eigenvalue weighted by molar-refractivity contribution is -0.130. The molecule has 0 saturated carbocycles. The number of amides is 2. The summed E-state index contributed by atoms with van der Waals surface area (Å²) >= 11 is 5.64. The highest BCUT2D eigenvalue weighted by molar-refractivity contribution is 6.31. The lowest BCUT2D eigenvalue weighted by Gasteiger charge is -2.30. The van der Waals surface area contributed by atoms with E-state index in [1.165, 1.54) is 23.1 Å². The van der Waals surface area contributed by atoms with Crippen molar-refractivity contribution in [3.05, 3.63) is 29.0 Å². The molecule has 90 valence electrons. The fourth-order valence-electron chi connectivity index (χ4n) is 1.68. The number of carbonyl (C=O) groups excluding carboxylic acids is 2. The molecule has 0 radical (unpaired) electrons. The molecule has 0 aromatic heterocycles.